The van der Waals surface area contributed by atoms with Gasteiger partial charge in [-0.25, -0.2) is 0 Å². The maximum absolute atomic E-state index is 3.59. The molecule has 2 heteroatoms. The van der Waals surface area contributed by atoms with E-state index in [1.165, 1.54) is 21.6 Å². The third-order valence-corrected chi connectivity index (χ3v) is 4.54. The smallest absolute Gasteiger partial charge is 0.0391 e. The zero-order valence-electron chi connectivity index (χ0n) is 11.4. The van der Waals surface area contributed by atoms with Gasteiger partial charge in [-0.1, -0.05) is 31.2 Å². The average molecular weight is 259 g/mol. The first-order chi connectivity index (χ1) is 8.70. The van der Waals surface area contributed by atoms with E-state index in [0.29, 0.717) is 6.04 Å². The molecule has 0 aliphatic heterocycles. The number of rotatable bonds is 5. The van der Waals surface area contributed by atoms with Gasteiger partial charge in [0, 0.05) is 17.5 Å². The summed E-state index contributed by atoms with van der Waals surface area (Å²) in [6, 6.07) is 11.5. The number of hydrogen-bond donors (Lipinski definition) is 1. The third kappa shape index (κ3) is 3.21. The lowest BCUT2D eigenvalue weighted by Crippen LogP contribution is -2.17. The number of hydrogen-bond acceptors (Lipinski definition) is 2. The van der Waals surface area contributed by atoms with Crippen LogP contribution in [0.15, 0.2) is 35.7 Å². The van der Waals surface area contributed by atoms with Crippen LogP contribution in [0, 0.1) is 6.92 Å². The SMILES string of the molecule is CCc1ccc(CNC(C)c2sccc2C)cc1. The largest absolute Gasteiger partial charge is 0.305 e. The summed E-state index contributed by atoms with van der Waals surface area (Å²) >= 11 is 1.84. The summed E-state index contributed by atoms with van der Waals surface area (Å²) in [6.45, 7) is 7.54. The van der Waals surface area contributed by atoms with Gasteiger partial charge in [0.25, 0.3) is 0 Å². The maximum atomic E-state index is 3.59. The lowest BCUT2D eigenvalue weighted by atomic mass is 10.1. The van der Waals surface area contributed by atoms with Gasteiger partial charge in [0.1, 0.15) is 0 Å². The summed E-state index contributed by atoms with van der Waals surface area (Å²) in [5.74, 6) is 0. The lowest BCUT2D eigenvalue weighted by molar-refractivity contribution is 0.581. The van der Waals surface area contributed by atoms with E-state index < -0.39 is 0 Å². The van der Waals surface area contributed by atoms with E-state index in [0.717, 1.165) is 13.0 Å². The first-order valence-corrected chi connectivity index (χ1v) is 7.44. The van der Waals surface area contributed by atoms with Gasteiger partial charge >= 0.3 is 0 Å². The van der Waals surface area contributed by atoms with Crippen molar-refractivity contribution in [2.24, 2.45) is 0 Å². The van der Waals surface area contributed by atoms with E-state index in [4.69, 9.17) is 0 Å². The molecule has 18 heavy (non-hydrogen) atoms. The highest BCUT2D eigenvalue weighted by Gasteiger charge is 2.08. The molecule has 1 aromatic carbocycles. The summed E-state index contributed by atoms with van der Waals surface area (Å²) in [5.41, 5.74) is 4.15. The van der Waals surface area contributed by atoms with Crippen LogP contribution in [-0.2, 0) is 13.0 Å². The van der Waals surface area contributed by atoms with E-state index in [9.17, 15) is 0 Å². The Hall–Kier alpha value is -1.12. The van der Waals surface area contributed by atoms with E-state index in [1.54, 1.807) is 0 Å². The van der Waals surface area contributed by atoms with Crippen LogP contribution in [0.5, 0.6) is 0 Å². The standard InChI is InChI=1S/C16H21NS/c1-4-14-5-7-15(8-6-14)11-17-13(3)16-12(2)9-10-18-16/h5-10,13,17H,4,11H2,1-3H3. The highest BCUT2D eigenvalue weighted by Crippen LogP contribution is 2.23. The Morgan fingerprint density at radius 2 is 1.78 bits per heavy atom. The molecule has 96 valence electrons. The lowest BCUT2D eigenvalue weighted by Gasteiger charge is -2.13. The van der Waals surface area contributed by atoms with Crippen molar-refractivity contribution in [1.29, 1.82) is 0 Å². The summed E-state index contributed by atoms with van der Waals surface area (Å²) in [5, 5.41) is 5.76. The van der Waals surface area contributed by atoms with Gasteiger partial charge in [0.15, 0.2) is 0 Å². The Kier molecular flexibility index (Phi) is 4.56. The van der Waals surface area contributed by atoms with Gasteiger partial charge in [0.2, 0.25) is 0 Å². The fourth-order valence-electron chi connectivity index (χ4n) is 2.08. The van der Waals surface area contributed by atoms with Gasteiger partial charge in [-0.15, -0.1) is 11.3 Å². The van der Waals surface area contributed by atoms with Crippen LogP contribution in [0.25, 0.3) is 0 Å². The van der Waals surface area contributed by atoms with Gasteiger partial charge < -0.3 is 5.32 Å². The normalized spacial score (nSPS) is 12.6. The van der Waals surface area contributed by atoms with Crippen LogP contribution in [0.1, 0.15) is 41.5 Å². The highest BCUT2D eigenvalue weighted by atomic mass is 32.1. The van der Waals surface area contributed by atoms with Crippen molar-refractivity contribution in [3.05, 3.63) is 57.3 Å². The van der Waals surface area contributed by atoms with Crippen LogP contribution in [0.3, 0.4) is 0 Å². The van der Waals surface area contributed by atoms with Crippen molar-refractivity contribution >= 4 is 11.3 Å². The zero-order valence-corrected chi connectivity index (χ0v) is 12.2. The molecule has 0 bridgehead atoms. The number of aryl methyl sites for hydroxylation is 2. The van der Waals surface area contributed by atoms with E-state index in [2.05, 4.69) is 61.8 Å². The molecule has 0 aliphatic carbocycles. The second-order valence-corrected chi connectivity index (χ2v) is 5.69. The van der Waals surface area contributed by atoms with Gasteiger partial charge in [-0.05, 0) is 48.4 Å². The minimum Gasteiger partial charge on any atom is -0.305 e. The first-order valence-electron chi connectivity index (χ1n) is 6.56. The van der Waals surface area contributed by atoms with Crippen molar-refractivity contribution in [2.45, 2.75) is 39.8 Å². The minimum atomic E-state index is 0.427. The van der Waals surface area contributed by atoms with Gasteiger partial charge in [0.05, 0.1) is 0 Å². The van der Waals surface area contributed by atoms with E-state index in [-0.39, 0.29) is 0 Å². The molecule has 0 saturated heterocycles. The monoisotopic (exact) mass is 259 g/mol. The molecular formula is C16H21NS. The van der Waals surface area contributed by atoms with Crippen LogP contribution >= 0.6 is 11.3 Å². The van der Waals surface area contributed by atoms with E-state index in [1.807, 2.05) is 11.3 Å². The molecule has 0 radical (unpaired) electrons. The molecular weight excluding hydrogens is 238 g/mol. The highest BCUT2D eigenvalue weighted by molar-refractivity contribution is 7.10. The Balaban J connectivity index is 1.93. The van der Waals surface area contributed by atoms with Crippen molar-refractivity contribution in [3.8, 4) is 0 Å². The van der Waals surface area contributed by atoms with Crippen LogP contribution in [-0.4, -0.2) is 0 Å². The molecule has 2 aromatic rings. The Morgan fingerprint density at radius 1 is 1.11 bits per heavy atom. The topological polar surface area (TPSA) is 12.0 Å². The molecule has 0 saturated carbocycles. The molecule has 2 rings (SSSR count). The molecule has 1 unspecified atom stereocenters. The van der Waals surface area contributed by atoms with Crippen molar-refractivity contribution in [2.75, 3.05) is 0 Å². The molecule has 0 aliphatic rings. The quantitative estimate of drug-likeness (QED) is 0.835. The van der Waals surface area contributed by atoms with Crippen molar-refractivity contribution < 1.29 is 0 Å². The summed E-state index contributed by atoms with van der Waals surface area (Å²) in [7, 11) is 0. The van der Waals surface area contributed by atoms with Crippen molar-refractivity contribution in [3.63, 3.8) is 0 Å². The number of benzene rings is 1. The molecule has 0 fully saturated rings. The third-order valence-electron chi connectivity index (χ3n) is 3.34. The average Bonchev–Trinajstić information content (AvgIpc) is 2.83. The van der Waals surface area contributed by atoms with Crippen molar-refractivity contribution in [1.82, 2.24) is 5.32 Å². The van der Waals surface area contributed by atoms with Gasteiger partial charge in [-0.3, -0.25) is 0 Å². The predicted octanol–water partition coefficient (Wildman–Crippen LogP) is 4.47. The summed E-state index contributed by atoms with van der Waals surface area (Å²) in [4.78, 5) is 1.44. The first kappa shape index (κ1) is 13.3. The number of nitrogens with one attached hydrogen (secondary N) is 1. The summed E-state index contributed by atoms with van der Waals surface area (Å²) in [6.07, 6.45) is 1.11. The van der Waals surface area contributed by atoms with Gasteiger partial charge in [-0.2, -0.15) is 0 Å². The molecule has 1 atom stereocenters. The zero-order chi connectivity index (χ0) is 13.0. The summed E-state index contributed by atoms with van der Waals surface area (Å²) < 4.78 is 0. The minimum absolute atomic E-state index is 0.427. The molecule has 0 amide bonds. The van der Waals surface area contributed by atoms with Crippen LogP contribution < -0.4 is 5.32 Å². The Labute approximate surface area is 114 Å². The molecule has 1 aromatic heterocycles. The molecule has 0 spiro atoms. The fraction of sp³-hybridized carbons (Fsp3) is 0.375. The van der Waals surface area contributed by atoms with Crippen LogP contribution in [0.4, 0.5) is 0 Å². The van der Waals surface area contributed by atoms with Crippen LogP contribution in [0.2, 0.25) is 0 Å². The Bertz CT molecular complexity index is 484. The predicted molar refractivity (Wildman–Crippen MR) is 80.1 cm³/mol. The Morgan fingerprint density at radius 3 is 2.33 bits per heavy atom. The fourth-order valence-corrected chi connectivity index (χ4v) is 3.04. The molecule has 1 N–H and O–H groups in total. The van der Waals surface area contributed by atoms with E-state index >= 15 is 0 Å². The second kappa shape index (κ2) is 6.17. The maximum Gasteiger partial charge on any atom is 0.0391 e. The molecule has 1 heterocycles. The second-order valence-electron chi connectivity index (χ2n) is 4.74. The molecule has 1 nitrogen and oxygen atoms in total. The number of thiophene rings is 1.